The minimum atomic E-state index is 0.579. The van der Waals surface area contributed by atoms with Crippen molar-refractivity contribution < 1.29 is 4.52 Å². The predicted octanol–water partition coefficient (Wildman–Crippen LogP) is 2.08. The second-order valence-corrected chi connectivity index (χ2v) is 3.81. The first-order valence-electron chi connectivity index (χ1n) is 5.88. The van der Waals surface area contributed by atoms with E-state index in [1.807, 2.05) is 0 Å². The highest BCUT2D eigenvalue weighted by molar-refractivity contribution is 4.86. The van der Waals surface area contributed by atoms with Crippen LogP contribution in [0.5, 0.6) is 0 Å². The predicted molar refractivity (Wildman–Crippen MR) is 59.5 cm³/mol. The van der Waals surface area contributed by atoms with Gasteiger partial charge in [0, 0.05) is 12.8 Å². The summed E-state index contributed by atoms with van der Waals surface area (Å²) in [6.45, 7) is 2.80. The maximum atomic E-state index is 5.40. The molecule has 0 saturated heterocycles. The Bertz CT molecular complexity index is 260. The van der Waals surface area contributed by atoms with Crippen molar-refractivity contribution in [2.24, 2.45) is 5.73 Å². The Balaban J connectivity index is 2.14. The van der Waals surface area contributed by atoms with Crippen molar-refractivity contribution >= 4 is 0 Å². The van der Waals surface area contributed by atoms with Crippen LogP contribution in [0.3, 0.4) is 0 Å². The lowest BCUT2D eigenvalue weighted by atomic mass is 10.1. The van der Waals surface area contributed by atoms with E-state index in [4.69, 9.17) is 10.3 Å². The third-order valence-electron chi connectivity index (χ3n) is 2.37. The van der Waals surface area contributed by atoms with Crippen LogP contribution in [0.2, 0.25) is 0 Å². The van der Waals surface area contributed by atoms with E-state index in [1.54, 1.807) is 0 Å². The van der Waals surface area contributed by atoms with Gasteiger partial charge in [-0.25, -0.2) is 0 Å². The Kier molecular flexibility index (Phi) is 6.00. The molecule has 4 heteroatoms. The fraction of sp³-hybridized carbons (Fsp3) is 0.818. The molecular weight excluding hydrogens is 190 g/mol. The standard InChI is InChI=1S/C11H21N3O/c1-2-3-4-5-6-7-11-13-10(8-9-12)14-15-11/h2-9,12H2,1H3. The van der Waals surface area contributed by atoms with Crippen LogP contribution in [-0.4, -0.2) is 16.7 Å². The van der Waals surface area contributed by atoms with E-state index >= 15 is 0 Å². The van der Waals surface area contributed by atoms with Crippen molar-refractivity contribution in [2.75, 3.05) is 6.54 Å². The molecule has 1 rings (SSSR count). The average Bonchev–Trinajstić information content (AvgIpc) is 2.66. The highest BCUT2D eigenvalue weighted by atomic mass is 16.5. The van der Waals surface area contributed by atoms with Crippen molar-refractivity contribution in [3.05, 3.63) is 11.7 Å². The molecule has 0 fully saturated rings. The molecule has 0 saturated carbocycles. The molecule has 0 aliphatic heterocycles. The van der Waals surface area contributed by atoms with Crippen LogP contribution in [-0.2, 0) is 12.8 Å². The molecule has 1 aromatic heterocycles. The van der Waals surface area contributed by atoms with E-state index in [2.05, 4.69) is 17.1 Å². The Morgan fingerprint density at radius 1 is 1.13 bits per heavy atom. The maximum absolute atomic E-state index is 5.40. The third kappa shape index (κ3) is 4.93. The SMILES string of the molecule is CCCCCCCc1nc(CCN)no1. The van der Waals surface area contributed by atoms with Crippen LogP contribution in [0.4, 0.5) is 0 Å². The zero-order valence-corrected chi connectivity index (χ0v) is 9.54. The molecule has 0 aromatic carbocycles. The zero-order valence-electron chi connectivity index (χ0n) is 9.54. The number of hydrogen-bond acceptors (Lipinski definition) is 4. The molecule has 0 aliphatic rings. The van der Waals surface area contributed by atoms with E-state index in [1.165, 1.54) is 25.7 Å². The summed E-state index contributed by atoms with van der Waals surface area (Å²) in [7, 11) is 0. The summed E-state index contributed by atoms with van der Waals surface area (Å²) in [6, 6.07) is 0. The van der Waals surface area contributed by atoms with Gasteiger partial charge in [0.1, 0.15) is 0 Å². The molecule has 0 radical (unpaired) electrons. The molecule has 0 aliphatic carbocycles. The molecule has 1 heterocycles. The molecule has 0 bridgehead atoms. The fourth-order valence-corrected chi connectivity index (χ4v) is 1.50. The molecule has 0 unspecified atom stereocenters. The number of unbranched alkanes of at least 4 members (excludes halogenated alkanes) is 4. The number of aryl methyl sites for hydroxylation is 1. The Hall–Kier alpha value is -0.900. The van der Waals surface area contributed by atoms with Crippen molar-refractivity contribution in [3.8, 4) is 0 Å². The van der Waals surface area contributed by atoms with Crippen LogP contribution in [0.1, 0.15) is 50.7 Å². The van der Waals surface area contributed by atoms with Gasteiger partial charge in [0.05, 0.1) is 0 Å². The molecule has 1 aromatic rings. The molecule has 0 atom stereocenters. The summed E-state index contributed by atoms with van der Waals surface area (Å²) in [6.07, 6.45) is 7.91. The first kappa shape index (κ1) is 12.2. The van der Waals surface area contributed by atoms with Gasteiger partial charge in [-0.3, -0.25) is 0 Å². The van der Waals surface area contributed by atoms with E-state index in [0.29, 0.717) is 13.0 Å². The van der Waals surface area contributed by atoms with E-state index in [9.17, 15) is 0 Å². The summed E-state index contributed by atoms with van der Waals surface area (Å²) in [5.41, 5.74) is 5.40. The van der Waals surface area contributed by atoms with Crippen molar-refractivity contribution in [3.63, 3.8) is 0 Å². The first-order chi connectivity index (χ1) is 7.36. The number of hydrogen-bond donors (Lipinski definition) is 1. The van der Waals surface area contributed by atoms with Gasteiger partial charge in [-0.2, -0.15) is 4.98 Å². The summed E-state index contributed by atoms with van der Waals surface area (Å²) in [4.78, 5) is 4.26. The van der Waals surface area contributed by atoms with Gasteiger partial charge in [0.2, 0.25) is 5.89 Å². The third-order valence-corrected chi connectivity index (χ3v) is 2.37. The van der Waals surface area contributed by atoms with Gasteiger partial charge in [-0.1, -0.05) is 37.8 Å². The lowest BCUT2D eigenvalue weighted by Crippen LogP contribution is -2.03. The quantitative estimate of drug-likeness (QED) is 0.669. The number of nitrogens with two attached hydrogens (primary N) is 1. The highest BCUT2D eigenvalue weighted by Crippen LogP contribution is 2.07. The topological polar surface area (TPSA) is 64.9 Å². The molecular formula is C11H21N3O. The molecule has 15 heavy (non-hydrogen) atoms. The van der Waals surface area contributed by atoms with Crippen LogP contribution in [0.25, 0.3) is 0 Å². The van der Waals surface area contributed by atoms with Gasteiger partial charge in [-0.05, 0) is 13.0 Å². The lowest BCUT2D eigenvalue weighted by Gasteiger charge is -1.95. The van der Waals surface area contributed by atoms with Gasteiger partial charge in [0.15, 0.2) is 5.82 Å². The molecule has 0 amide bonds. The van der Waals surface area contributed by atoms with Gasteiger partial charge < -0.3 is 10.3 Å². The Morgan fingerprint density at radius 2 is 1.93 bits per heavy atom. The van der Waals surface area contributed by atoms with Gasteiger partial charge in [-0.15, -0.1) is 0 Å². The van der Waals surface area contributed by atoms with Crippen molar-refractivity contribution in [2.45, 2.75) is 51.9 Å². The van der Waals surface area contributed by atoms with Crippen LogP contribution >= 0.6 is 0 Å². The van der Waals surface area contributed by atoms with E-state index < -0.39 is 0 Å². The Labute approximate surface area is 91.2 Å². The molecule has 86 valence electrons. The maximum Gasteiger partial charge on any atom is 0.226 e. The smallest absolute Gasteiger partial charge is 0.226 e. The van der Waals surface area contributed by atoms with Crippen LogP contribution in [0, 0.1) is 0 Å². The summed E-state index contributed by atoms with van der Waals surface area (Å²) in [5, 5.41) is 3.85. The minimum absolute atomic E-state index is 0.579. The summed E-state index contributed by atoms with van der Waals surface area (Å²) >= 11 is 0. The van der Waals surface area contributed by atoms with Gasteiger partial charge >= 0.3 is 0 Å². The number of aromatic nitrogens is 2. The van der Waals surface area contributed by atoms with Crippen LogP contribution < -0.4 is 5.73 Å². The molecule has 0 spiro atoms. The average molecular weight is 211 g/mol. The van der Waals surface area contributed by atoms with E-state index in [0.717, 1.165) is 24.6 Å². The van der Waals surface area contributed by atoms with Crippen molar-refractivity contribution in [1.82, 2.24) is 10.1 Å². The monoisotopic (exact) mass is 211 g/mol. The highest BCUT2D eigenvalue weighted by Gasteiger charge is 2.04. The molecule has 2 N–H and O–H groups in total. The van der Waals surface area contributed by atoms with E-state index in [-0.39, 0.29) is 0 Å². The van der Waals surface area contributed by atoms with Crippen molar-refractivity contribution in [1.29, 1.82) is 0 Å². The second kappa shape index (κ2) is 7.40. The lowest BCUT2D eigenvalue weighted by molar-refractivity contribution is 0.368. The fourth-order valence-electron chi connectivity index (χ4n) is 1.50. The number of rotatable bonds is 8. The van der Waals surface area contributed by atoms with Gasteiger partial charge in [0.25, 0.3) is 0 Å². The number of nitrogens with zero attached hydrogens (tertiary/aromatic N) is 2. The molecule has 4 nitrogen and oxygen atoms in total. The zero-order chi connectivity index (χ0) is 10.9. The normalized spacial score (nSPS) is 10.8. The second-order valence-electron chi connectivity index (χ2n) is 3.81. The minimum Gasteiger partial charge on any atom is -0.339 e. The Morgan fingerprint density at radius 3 is 2.67 bits per heavy atom. The summed E-state index contributed by atoms with van der Waals surface area (Å²) < 4.78 is 5.11. The first-order valence-corrected chi connectivity index (χ1v) is 5.88. The van der Waals surface area contributed by atoms with Crippen LogP contribution in [0.15, 0.2) is 4.52 Å². The summed E-state index contributed by atoms with van der Waals surface area (Å²) in [5.74, 6) is 1.50. The largest absolute Gasteiger partial charge is 0.339 e.